The van der Waals surface area contributed by atoms with Gasteiger partial charge in [-0.15, -0.1) is 0 Å². The number of hydrogen-bond donors (Lipinski definition) is 1. The Kier molecular flexibility index (Phi) is 4.99. The van der Waals surface area contributed by atoms with Gasteiger partial charge in [-0.2, -0.15) is 17.0 Å². The molecule has 0 aromatic heterocycles. The molecule has 1 fully saturated rings. The maximum atomic E-state index is 13.1. The number of benzene rings is 1. The molecule has 1 aliphatic heterocycles. The molecule has 0 amide bonds. The van der Waals surface area contributed by atoms with Crippen LogP contribution in [-0.4, -0.2) is 40.1 Å². The van der Waals surface area contributed by atoms with Gasteiger partial charge in [0.15, 0.2) is 0 Å². The highest BCUT2D eigenvalue weighted by molar-refractivity contribution is 7.99. The molecule has 106 valence electrons. The molecule has 1 saturated heterocycles. The quantitative estimate of drug-likeness (QED) is 0.921. The summed E-state index contributed by atoms with van der Waals surface area (Å²) in [6.45, 7) is 1.27. The lowest BCUT2D eigenvalue weighted by Crippen LogP contribution is -2.43. The highest BCUT2D eigenvalue weighted by Crippen LogP contribution is 2.22. The van der Waals surface area contributed by atoms with Crippen molar-refractivity contribution < 1.29 is 14.3 Å². The summed E-state index contributed by atoms with van der Waals surface area (Å²) in [6, 6.07) is 6.12. The molecule has 1 atom stereocenters. The Labute approximate surface area is 121 Å². The van der Waals surface area contributed by atoms with E-state index >= 15 is 0 Å². The summed E-state index contributed by atoms with van der Waals surface area (Å²) in [5, 5.41) is 18.0. The summed E-state index contributed by atoms with van der Waals surface area (Å²) in [5.74, 6) is 0.470. The van der Waals surface area contributed by atoms with Crippen LogP contribution in [0.5, 0.6) is 0 Å². The van der Waals surface area contributed by atoms with Crippen molar-refractivity contribution in [3.8, 4) is 6.07 Å². The smallest absolute Gasteiger partial charge is 0.304 e. The molecule has 2 rings (SSSR count). The minimum atomic E-state index is -0.817. The summed E-state index contributed by atoms with van der Waals surface area (Å²) < 4.78 is 13.1. The fourth-order valence-electron chi connectivity index (χ4n) is 2.30. The first-order valence-electron chi connectivity index (χ1n) is 6.32. The van der Waals surface area contributed by atoms with E-state index < -0.39 is 11.8 Å². The third-order valence-electron chi connectivity index (χ3n) is 3.33. The number of carboxylic acids is 1. The molecule has 1 heterocycles. The lowest BCUT2D eigenvalue weighted by Gasteiger charge is -2.34. The number of halogens is 1. The Morgan fingerprint density at radius 2 is 2.40 bits per heavy atom. The molecule has 4 nitrogen and oxygen atoms in total. The molecule has 0 spiro atoms. The molecule has 20 heavy (non-hydrogen) atoms. The Morgan fingerprint density at radius 3 is 3.10 bits per heavy atom. The van der Waals surface area contributed by atoms with E-state index in [0.29, 0.717) is 12.1 Å². The van der Waals surface area contributed by atoms with Gasteiger partial charge in [0.1, 0.15) is 5.82 Å². The zero-order valence-corrected chi connectivity index (χ0v) is 11.7. The maximum absolute atomic E-state index is 13.1. The molecule has 0 radical (unpaired) electrons. The lowest BCUT2D eigenvalue weighted by atomic mass is 10.1. The van der Waals surface area contributed by atoms with E-state index in [1.807, 2.05) is 6.07 Å². The van der Waals surface area contributed by atoms with Gasteiger partial charge in [0.25, 0.3) is 0 Å². The second kappa shape index (κ2) is 6.73. The number of hydrogen-bond acceptors (Lipinski definition) is 4. The van der Waals surface area contributed by atoms with Crippen molar-refractivity contribution in [2.24, 2.45) is 0 Å². The fraction of sp³-hybridized carbons (Fsp3) is 0.429. The minimum absolute atomic E-state index is 0.0390. The van der Waals surface area contributed by atoms with Crippen molar-refractivity contribution in [1.82, 2.24) is 4.90 Å². The van der Waals surface area contributed by atoms with Crippen molar-refractivity contribution in [3.63, 3.8) is 0 Å². The van der Waals surface area contributed by atoms with E-state index in [-0.39, 0.29) is 12.5 Å². The normalized spacial score (nSPS) is 19.5. The molecular weight excluding hydrogens is 279 g/mol. The van der Waals surface area contributed by atoms with Gasteiger partial charge >= 0.3 is 5.97 Å². The van der Waals surface area contributed by atoms with Gasteiger partial charge in [0, 0.05) is 30.6 Å². The molecule has 0 bridgehead atoms. The molecule has 1 aliphatic rings. The first kappa shape index (κ1) is 14.8. The van der Waals surface area contributed by atoms with Crippen LogP contribution in [-0.2, 0) is 11.3 Å². The van der Waals surface area contributed by atoms with Crippen LogP contribution in [0.15, 0.2) is 18.2 Å². The topological polar surface area (TPSA) is 64.3 Å². The van der Waals surface area contributed by atoms with Crippen LogP contribution in [0.3, 0.4) is 0 Å². The van der Waals surface area contributed by atoms with E-state index in [0.717, 1.165) is 23.6 Å². The second-order valence-corrected chi connectivity index (χ2v) is 5.86. The van der Waals surface area contributed by atoms with Crippen molar-refractivity contribution >= 4 is 17.7 Å². The second-order valence-electron chi connectivity index (χ2n) is 4.71. The Bertz CT molecular complexity index is 544. The van der Waals surface area contributed by atoms with Crippen LogP contribution in [0, 0.1) is 17.1 Å². The zero-order valence-electron chi connectivity index (χ0n) is 10.9. The van der Waals surface area contributed by atoms with Gasteiger partial charge in [-0.05, 0) is 17.7 Å². The minimum Gasteiger partial charge on any atom is -0.481 e. The summed E-state index contributed by atoms with van der Waals surface area (Å²) in [6.07, 6.45) is 0.0933. The molecule has 1 aromatic carbocycles. The van der Waals surface area contributed by atoms with E-state index in [9.17, 15) is 9.18 Å². The number of nitrogens with zero attached hydrogens (tertiary/aromatic N) is 2. The summed E-state index contributed by atoms with van der Waals surface area (Å²) in [7, 11) is 0. The number of thioether (sulfide) groups is 1. The number of aliphatic carboxylic acids is 1. The van der Waals surface area contributed by atoms with Crippen molar-refractivity contribution in [2.45, 2.75) is 19.0 Å². The third kappa shape index (κ3) is 3.71. The molecular formula is C14H15FN2O2S. The number of carboxylic acid groups (broad SMARTS) is 1. The first-order valence-corrected chi connectivity index (χ1v) is 7.47. The van der Waals surface area contributed by atoms with Crippen molar-refractivity contribution in [2.75, 3.05) is 18.1 Å². The molecule has 6 heteroatoms. The maximum Gasteiger partial charge on any atom is 0.304 e. The van der Waals surface area contributed by atoms with Gasteiger partial charge in [-0.3, -0.25) is 9.69 Å². The number of nitriles is 1. The standard InChI is InChI=1S/C14H15FN2O2S/c15-12-2-1-10(11(5-12)7-16)8-17-3-4-20-9-13(17)6-14(18)19/h1-2,5,13H,3-4,6,8-9H2,(H,18,19). The highest BCUT2D eigenvalue weighted by Gasteiger charge is 2.25. The zero-order chi connectivity index (χ0) is 14.5. The largest absolute Gasteiger partial charge is 0.481 e. The van der Waals surface area contributed by atoms with Crippen LogP contribution >= 0.6 is 11.8 Å². The number of rotatable bonds is 4. The molecule has 1 aromatic rings. The van der Waals surface area contributed by atoms with Gasteiger partial charge < -0.3 is 5.11 Å². The molecule has 1 unspecified atom stereocenters. The van der Waals surface area contributed by atoms with E-state index in [2.05, 4.69) is 4.90 Å². The van der Waals surface area contributed by atoms with Gasteiger partial charge in [-0.25, -0.2) is 4.39 Å². The van der Waals surface area contributed by atoms with Gasteiger partial charge in [0.05, 0.1) is 18.1 Å². The summed E-state index contributed by atoms with van der Waals surface area (Å²) in [5.41, 5.74) is 1.06. The van der Waals surface area contributed by atoms with Crippen molar-refractivity contribution in [3.05, 3.63) is 35.1 Å². The Hall–Kier alpha value is -1.58. The Balaban J connectivity index is 2.14. The molecule has 0 aliphatic carbocycles. The summed E-state index contributed by atoms with van der Waals surface area (Å²) >= 11 is 1.74. The fourth-order valence-corrected chi connectivity index (χ4v) is 3.43. The van der Waals surface area contributed by atoms with Crippen LogP contribution in [0.1, 0.15) is 17.5 Å². The monoisotopic (exact) mass is 294 g/mol. The predicted molar refractivity (Wildman–Crippen MR) is 74.9 cm³/mol. The highest BCUT2D eigenvalue weighted by atomic mass is 32.2. The van der Waals surface area contributed by atoms with Crippen LogP contribution in [0.4, 0.5) is 4.39 Å². The van der Waals surface area contributed by atoms with E-state index in [4.69, 9.17) is 10.4 Å². The summed E-state index contributed by atoms with van der Waals surface area (Å²) in [4.78, 5) is 13.0. The molecule has 0 saturated carbocycles. The van der Waals surface area contributed by atoms with Crippen LogP contribution < -0.4 is 0 Å². The lowest BCUT2D eigenvalue weighted by molar-refractivity contribution is -0.138. The van der Waals surface area contributed by atoms with Crippen LogP contribution in [0.25, 0.3) is 0 Å². The Morgan fingerprint density at radius 1 is 1.60 bits per heavy atom. The van der Waals surface area contributed by atoms with E-state index in [1.165, 1.54) is 12.1 Å². The average Bonchev–Trinajstić information content (AvgIpc) is 2.42. The van der Waals surface area contributed by atoms with Gasteiger partial charge in [-0.1, -0.05) is 6.07 Å². The average molecular weight is 294 g/mol. The predicted octanol–water partition coefficient (Wildman–Crippen LogP) is 2.09. The number of carbonyl (C=O) groups is 1. The van der Waals surface area contributed by atoms with E-state index in [1.54, 1.807) is 17.8 Å². The first-order chi connectivity index (χ1) is 9.60. The third-order valence-corrected chi connectivity index (χ3v) is 4.42. The van der Waals surface area contributed by atoms with Crippen LogP contribution in [0.2, 0.25) is 0 Å². The van der Waals surface area contributed by atoms with Gasteiger partial charge in [0.2, 0.25) is 0 Å². The molecule has 1 N–H and O–H groups in total. The van der Waals surface area contributed by atoms with Crippen molar-refractivity contribution in [1.29, 1.82) is 5.26 Å². The SMILES string of the molecule is N#Cc1cc(F)ccc1CN1CCSCC1CC(=O)O.